The van der Waals surface area contributed by atoms with Crippen molar-refractivity contribution in [3.05, 3.63) is 217 Å². The number of para-hydroxylation sites is 6. The van der Waals surface area contributed by atoms with Crippen molar-refractivity contribution in [3.8, 4) is 0 Å². The van der Waals surface area contributed by atoms with Crippen LogP contribution in [-0.4, -0.2) is 174 Å². The van der Waals surface area contributed by atoms with E-state index in [-0.39, 0.29) is 225 Å². The monoisotopic (exact) mass is 2140 g/mol. The van der Waals surface area contributed by atoms with E-state index in [0.29, 0.717) is 0 Å². The van der Waals surface area contributed by atoms with Gasteiger partial charge in [-0.1, -0.05) is 177 Å². The molecule has 0 aliphatic rings. The number of hydrogen-bond donors (Lipinski definition) is 0. The van der Waals surface area contributed by atoms with Gasteiger partial charge in [-0.15, -0.1) is 0 Å². The Bertz CT molecular complexity index is 3550. The molecule has 0 aliphatic heterocycles. The maximum absolute atomic E-state index is 7.50. The van der Waals surface area contributed by atoms with Gasteiger partial charge in [-0.3, -0.25) is 9.97 Å². The van der Waals surface area contributed by atoms with Gasteiger partial charge in [0.2, 0.25) is 0 Å². The quantitative estimate of drug-likeness (QED) is 0.0267. The second-order valence-corrected chi connectivity index (χ2v) is 29.9. The van der Waals surface area contributed by atoms with Crippen molar-refractivity contribution in [1.29, 1.82) is 0 Å². The second kappa shape index (κ2) is 76.3. The van der Waals surface area contributed by atoms with Gasteiger partial charge in [0.05, 0.1) is 45.4 Å². The van der Waals surface area contributed by atoms with Gasteiger partial charge >= 0.3 is 123 Å². The molecular formula is C82H122N10O4P2Ru4Y4+8. The Hall–Kier alpha value is -0.0309. The topological polar surface area (TPSA) is 151 Å². The third kappa shape index (κ3) is 47.7. The summed E-state index contributed by atoms with van der Waals surface area (Å²) in [6.07, 6.45) is 4.40. The summed E-state index contributed by atoms with van der Waals surface area (Å²) in [5.41, 5.74) is 17.3. The molecule has 0 amide bonds. The van der Waals surface area contributed by atoms with Crippen LogP contribution in [0.4, 0.5) is 0 Å². The molecule has 10 aromatic rings. The maximum Gasteiger partial charge on any atom is 0 e. The summed E-state index contributed by atoms with van der Waals surface area (Å²) in [6, 6.07) is 52.2. The zero-order valence-corrected chi connectivity index (χ0v) is 88.6. The van der Waals surface area contributed by atoms with E-state index in [1.54, 1.807) is 0 Å². The molecule has 24 heteroatoms. The Balaban J connectivity index is -0.000000133. The second-order valence-electron chi connectivity index (χ2n) is 24.3. The van der Waals surface area contributed by atoms with E-state index in [2.05, 4.69) is 313 Å². The molecule has 0 atom stereocenters. The fourth-order valence-corrected chi connectivity index (χ4v) is 12.5. The molecule has 106 heavy (non-hydrogen) atoms. The number of fused-ring (bicyclic) bond motifs is 6. The molecule has 0 saturated heterocycles. The van der Waals surface area contributed by atoms with Gasteiger partial charge in [-0.2, -0.15) is 0 Å². The SMILES string of the molecule is CC.CC.CC.CC.CN(C)CCc1ccc2cccc(CN(C)C)c2n1.CN(C)CCc1ccc2cccc(C[PH+](C)C)c2n1.CN(C)Cc1cccc2cc3cccc(CN(C)C)c3nc12.CN(C)Cc1cccc2cc3cccc(C[PH+](C)C)c3nc12.[C-]#[O+].[C-]#[O+].[C-]#[O+].[C-]#[O+].[RuH+2].[RuH+2].[RuH+].[RuH+].[Y].[Y].[Y].[Y]. The first-order chi connectivity index (χ1) is 47.2. The normalized spacial score (nSPS) is 9.43. The Morgan fingerprint density at radius 1 is 0.283 bits per heavy atom. The van der Waals surface area contributed by atoms with Crippen molar-refractivity contribution in [2.75, 3.05) is 124 Å². The van der Waals surface area contributed by atoms with E-state index >= 15 is 0 Å². The van der Waals surface area contributed by atoms with Gasteiger partial charge in [0.1, 0.15) is 0 Å². The molecule has 570 valence electrons. The van der Waals surface area contributed by atoms with E-state index in [1.165, 1.54) is 100 Å². The van der Waals surface area contributed by atoms with Crippen LogP contribution in [0.5, 0.6) is 0 Å². The Morgan fingerprint density at radius 3 is 0.698 bits per heavy atom. The first kappa shape index (κ1) is 127. The molecular weight excluding hydrogens is 2010 g/mol. The molecule has 4 heterocycles. The van der Waals surface area contributed by atoms with Gasteiger partial charge in [0, 0.05) is 264 Å². The van der Waals surface area contributed by atoms with Crippen molar-refractivity contribution < 1.29 is 227 Å². The van der Waals surface area contributed by atoms with E-state index in [9.17, 15) is 0 Å². The minimum Gasteiger partial charge on any atom is 0 e. The fourth-order valence-electron chi connectivity index (χ4n) is 10.4. The summed E-state index contributed by atoms with van der Waals surface area (Å²) >= 11 is 0. The molecule has 0 spiro atoms. The van der Waals surface area contributed by atoms with Crippen LogP contribution in [0.25, 0.3) is 65.4 Å². The summed E-state index contributed by atoms with van der Waals surface area (Å²) in [5.74, 6) is 0. The molecule has 0 saturated carbocycles. The molecule has 6 aromatic carbocycles. The zero-order chi connectivity index (χ0) is 75.0. The summed E-state index contributed by atoms with van der Waals surface area (Å²) in [7, 11) is 24.6. The van der Waals surface area contributed by atoms with Crippen molar-refractivity contribution in [2.45, 2.75) is 107 Å². The van der Waals surface area contributed by atoms with Gasteiger partial charge in [-0.05, 0) is 147 Å². The average Bonchev–Trinajstić information content (AvgIpc) is 0.785. The third-order valence-corrected chi connectivity index (χ3v) is 16.2. The van der Waals surface area contributed by atoms with Crippen LogP contribution in [-0.2, 0) is 279 Å². The molecule has 6 radical (unpaired) electrons. The molecule has 10 rings (SSSR count). The van der Waals surface area contributed by atoms with Crippen LogP contribution in [0.3, 0.4) is 0 Å². The smallest absolute Gasteiger partial charge is 0 e. The average molecular weight is 2130 g/mol. The van der Waals surface area contributed by atoms with Crippen LogP contribution >= 0.6 is 15.8 Å². The number of hydrogen-bond acceptors (Lipinski definition) is 10. The van der Waals surface area contributed by atoms with E-state index in [4.69, 9.17) is 38.5 Å². The molecule has 0 aliphatic carbocycles. The summed E-state index contributed by atoms with van der Waals surface area (Å²) in [4.78, 5) is 33.0. The van der Waals surface area contributed by atoms with Crippen molar-refractivity contribution >= 4 is 81.3 Å². The number of pyridine rings is 4. The van der Waals surface area contributed by atoms with E-state index < -0.39 is 0 Å². The number of benzene rings is 6. The predicted molar refractivity (Wildman–Crippen MR) is 430 cm³/mol. The number of aromatic nitrogens is 4. The van der Waals surface area contributed by atoms with Crippen LogP contribution in [0, 0.1) is 26.6 Å². The van der Waals surface area contributed by atoms with Crippen LogP contribution < -0.4 is 0 Å². The Labute approximate surface area is 795 Å². The largest absolute Gasteiger partial charge is 0 e. The van der Waals surface area contributed by atoms with Crippen LogP contribution in [0.2, 0.25) is 0 Å². The Morgan fingerprint density at radius 2 is 0.481 bits per heavy atom. The predicted octanol–water partition coefficient (Wildman–Crippen LogP) is 16.5. The number of rotatable bonds is 18. The number of nitrogens with zero attached hydrogens (tertiary/aromatic N) is 10. The zero-order valence-electron chi connectivity index (χ0n) is 67.9. The van der Waals surface area contributed by atoms with Crippen LogP contribution in [0.15, 0.2) is 146 Å². The van der Waals surface area contributed by atoms with Crippen molar-refractivity contribution in [2.24, 2.45) is 0 Å². The van der Waals surface area contributed by atoms with Gasteiger partial charge in [0.15, 0.2) is 0 Å². The van der Waals surface area contributed by atoms with Gasteiger partial charge < -0.3 is 29.4 Å². The van der Waals surface area contributed by atoms with E-state index in [1.807, 2.05) is 55.4 Å². The molecule has 0 fully saturated rings. The fraction of sp³-hybridized carbons (Fsp3) is 0.415. The minimum atomic E-state index is -0.307. The first-order valence-electron chi connectivity index (χ1n) is 33.8. The van der Waals surface area contributed by atoms with Crippen molar-refractivity contribution in [3.63, 3.8) is 0 Å². The molecule has 0 unspecified atom stereocenters. The molecule has 0 N–H and O–H groups in total. The molecule has 14 nitrogen and oxygen atoms in total. The maximum atomic E-state index is 7.50. The van der Waals surface area contributed by atoms with Crippen molar-refractivity contribution in [1.82, 2.24) is 49.3 Å². The summed E-state index contributed by atoms with van der Waals surface area (Å²) in [6.45, 7) is 49.2. The standard InChI is InChI=1S/C19H23N3.C19H23N2P.C16H23N3.C16H23N2P.4C2H6.4CO.4Ru.4Y.4H/c2*1-21(2)12-16-9-5-7-14-11-15-8-6-10-17(13-22(3)4)19(15)20-18(14)16;2*1-18(2)11-10-15-9-8-13-6-5-7-14(12-19(3)4)16(13)17-15;8*1-2;;;;;;;;;;;;/h2*5-11H,12-13H2,1-4H3;2*5-9H,10-12H2,1-4H3;4*1-2H3;;;;;;;;;;;;;;;;/q;;;;;;;;;;;;2*+1;2*+2;;;;;;;;/p+2. The summed E-state index contributed by atoms with van der Waals surface area (Å²) in [5, 5.41) is 7.43. The van der Waals surface area contributed by atoms with Gasteiger partial charge in [-0.25, -0.2) is 9.97 Å². The van der Waals surface area contributed by atoms with Gasteiger partial charge in [0.25, 0.3) is 0 Å². The Kier molecular flexibility index (Phi) is 91.2. The third-order valence-electron chi connectivity index (χ3n) is 14.1. The minimum absolute atomic E-state index is 0. The molecule has 0 bridgehead atoms. The molecule has 4 aromatic heterocycles. The van der Waals surface area contributed by atoms with E-state index in [0.717, 1.165) is 74.2 Å². The van der Waals surface area contributed by atoms with Crippen LogP contribution in [0.1, 0.15) is 100 Å². The summed E-state index contributed by atoms with van der Waals surface area (Å²) < 4.78 is 30.0. The number of likely N-dealkylation sites (N-methyl/N-ethyl adjacent to an activating group) is 2. The first-order valence-corrected chi connectivity index (χ1v) is 39.3.